The molecular formula is C15H21ClN2O2. The smallest absolute Gasteiger partial charge is 0.260 e. The number of amides is 1. The van der Waals surface area contributed by atoms with E-state index in [2.05, 4.69) is 0 Å². The number of carbonyl (C=O) groups is 1. The molecular weight excluding hydrogens is 276 g/mol. The standard InChI is InChI=1S/C15H21ClN2O2/c1-3-18(12-5-6-12)15(19)9-20-14-7-4-11(10(2)17)8-13(14)16/h4,7-8,10,12H,3,5-6,9,17H2,1-2H3/t10-/m1/s1. The van der Waals surface area contributed by atoms with Crippen LogP contribution in [0.15, 0.2) is 18.2 Å². The van der Waals surface area contributed by atoms with Gasteiger partial charge < -0.3 is 15.4 Å². The highest BCUT2D eigenvalue weighted by atomic mass is 35.5. The van der Waals surface area contributed by atoms with Gasteiger partial charge in [-0.2, -0.15) is 0 Å². The second-order valence-corrected chi connectivity index (χ2v) is 5.59. The summed E-state index contributed by atoms with van der Waals surface area (Å²) in [6.07, 6.45) is 2.20. The van der Waals surface area contributed by atoms with Gasteiger partial charge in [0.15, 0.2) is 6.61 Å². The van der Waals surface area contributed by atoms with Crippen molar-refractivity contribution in [1.82, 2.24) is 4.90 Å². The normalized spacial score (nSPS) is 15.8. The van der Waals surface area contributed by atoms with Crippen molar-refractivity contribution >= 4 is 17.5 Å². The summed E-state index contributed by atoms with van der Waals surface area (Å²) in [5.74, 6) is 0.540. The minimum absolute atomic E-state index is 0.0161. The second-order valence-electron chi connectivity index (χ2n) is 5.18. The van der Waals surface area contributed by atoms with E-state index >= 15 is 0 Å². The number of ether oxygens (including phenoxy) is 1. The van der Waals surface area contributed by atoms with Gasteiger partial charge in [-0.3, -0.25) is 4.79 Å². The van der Waals surface area contributed by atoms with Gasteiger partial charge in [0, 0.05) is 18.6 Å². The van der Waals surface area contributed by atoms with Crippen molar-refractivity contribution in [3.8, 4) is 5.75 Å². The number of halogens is 1. The van der Waals surface area contributed by atoms with Crippen molar-refractivity contribution < 1.29 is 9.53 Å². The maximum absolute atomic E-state index is 12.1. The Morgan fingerprint density at radius 2 is 2.25 bits per heavy atom. The molecule has 0 heterocycles. The average molecular weight is 297 g/mol. The molecule has 1 aromatic rings. The van der Waals surface area contributed by atoms with Crippen LogP contribution in [0.25, 0.3) is 0 Å². The van der Waals surface area contributed by atoms with Crippen LogP contribution in [-0.4, -0.2) is 30.0 Å². The van der Waals surface area contributed by atoms with Crippen LogP contribution < -0.4 is 10.5 Å². The zero-order valence-corrected chi connectivity index (χ0v) is 12.7. The summed E-state index contributed by atoms with van der Waals surface area (Å²) in [4.78, 5) is 13.9. The molecule has 2 rings (SSSR count). The summed E-state index contributed by atoms with van der Waals surface area (Å²) in [7, 11) is 0. The van der Waals surface area contributed by atoms with Crippen molar-refractivity contribution in [2.45, 2.75) is 38.8 Å². The van der Waals surface area contributed by atoms with E-state index in [1.54, 1.807) is 12.1 Å². The fraction of sp³-hybridized carbons (Fsp3) is 0.533. The fourth-order valence-electron chi connectivity index (χ4n) is 2.16. The molecule has 1 aliphatic rings. The van der Waals surface area contributed by atoms with Crippen molar-refractivity contribution in [3.63, 3.8) is 0 Å². The van der Waals surface area contributed by atoms with Crippen LogP contribution in [-0.2, 0) is 4.79 Å². The lowest BCUT2D eigenvalue weighted by Gasteiger charge is -2.20. The fourth-order valence-corrected chi connectivity index (χ4v) is 2.41. The number of rotatable bonds is 6. The summed E-state index contributed by atoms with van der Waals surface area (Å²) < 4.78 is 5.53. The Kier molecular flexibility index (Phi) is 4.89. The quantitative estimate of drug-likeness (QED) is 0.878. The molecule has 0 bridgehead atoms. The third-order valence-corrected chi connectivity index (χ3v) is 3.78. The maximum atomic E-state index is 12.1. The maximum Gasteiger partial charge on any atom is 0.260 e. The minimum atomic E-state index is -0.0753. The van der Waals surface area contributed by atoms with Crippen LogP contribution in [0.1, 0.15) is 38.3 Å². The third-order valence-electron chi connectivity index (χ3n) is 3.48. The first-order valence-electron chi connectivity index (χ1n) is 7.00. The summed E-state index contributed by atoms with van der Waals surface area (Å²) >= 11 is 6.14. The summed E-state index contributed by atoms with van der Waals surface area (Å²) in [5, 5.41) is 0.488. The summed E-state index contributed by atoms with van der Waals surface area (Å²) in [6, 6.07) is 5.75. The molecule has 1 amide bonds. The van der Waals surface area contributed by atoms with Crippen LogP contribution in [0.3, 0.4) is 0 Å². The Bertz CT molecular complexity index is 487. The molecule has 0 aliphatic heterocycles. The summed E-state index contributed by atoms with van der Waals surface area (Å²) in [5.41, 5.74) is 6.74. The molecule has 5 heteroatoms. The largest absolute Gasteiger partial charge is 0.482 e. The van der Waals surface area contributed by atoms with Gasteiger partial charge in [-0.1, -0.05) is 17.7 Å². The highest BCUT2D eigenvalue weighted by Gasteiger charge is 2.31. The highest BCUT2D eigenvalue weighted by Crippen LogP contribution is 2.29. The molecule has 0 aromatic heterocycles. The van der Waals surface area contributed by atoms with E-state index in [0.717, 1.165) is 24.9 Å². The van der Waals surface area contributed by atoms with E-state index in [9.17, 15) is 4.79 Å². The number of nitrogens with two attached hydrogens (primary N) is 1. The Labute approximate surface area is 124 Å². The van der Waals surface area contributed by atoms with Crippen LogP contribution in [0.5, 0.6) is 5.75 Å². The molecule has 1 saturated carbocycles. The van der Waals surface area contributed by atoms with E-state index in [4.69, 9.17) is 22.1 Å². The highest BCUT2D eigenvalue weighted by molar-refractivity contribution is 6.32. The Hall–Kier alpha value is -1.26. The van der Waals surface area contributed by atoms with Crippen LogP contribution in [0.2, 0.25) is 5.02 Å². The SMILES string of the molecule is CCN(C(=O)COc1ccc([C@@H](C)N)cc1Cl)C1CC1. The molecule has 0 unspecified atom stereocenters. The van der Waals surface area contributed by atoms with Crippen molar-refractivity contribution in [3.05, 3.63) is 28.8 Å². The van der Waals surface area contributed by atoms with Gasteiger partial charge in [-0.15, -0.1) is 0 Å². The number of likely N-dealkylation sites (N-methyl/N-ethyl adjacent to an activating group) is 1. The predicted molar refractivity (Wildman–Crippen MR) is 80.0 cm³/mol. The van der Waals surface area contributed by atoms with E-state index < -0.39 is 0 Å². The molecule has 1 aliphatic carbocycles. The van der Waals surface area contributed by atoms with Gasteiger partial charge in [0.2, 0.25) is 0 Å². The van der Waals surface area contributed by atoms with E-state index in [1.165, 1.54) is 0 Å². The van der Waals surface area contributed by atoms with Crippen molar-refractivity contribution in [2.24, 2.45) is 5.73 Å². The first-order valence-corrected chi connectivity index (χ1v) is 7.38. The minimum Gasteiger partial charge on any atom is -0.482 e. The number of nitrogens with zero attached hydrogens (tertiary/aromatic N) is 1. The van der Waals surface area contributed by atoms with Gasteiger partial charge in [0.1, 0.15) is 5.75 Å². The zero-order valence-electron chi connectivity index (χ0n) is 11.9. The van der Waals surface area contributed by atoms with Gasteiger partial charge in [-0.25, -0.2) is 0 Å². The molecule has 1 atom stereocenters. The molecule has 2 N–H and O–H groups in total. The Balaban J connectivity index is 1.95. The molecule has 110 valence electrons. The monoisotopic (exact) mass is 296 g/mol. The van der Waals surface area contributed by atoms with Crippen molar-refractivity contribution in [2.75, 3.05) is 13.2 Å². The number of benzene rings is 1. The molecule has 1 aromatic carbocycles. The van der Waals surface area contributed by atoms with Crippen LogP contribution in [0.4, 0.5) is 0 Å². The Morgan fingerprint density at radius 3 is 2.75 bits per heavy atom. The Morgan fingerprint density at radius 1 is 1.55 bits per heavy atom. The number of carbonyl (C=O) groups excluding carboxylic acids is 1. The van der Waals surface area contributed by atoms with Crippen molar-refractivity contribution in [1.29, 1.82) is 0 Å². The van der Waals surface area contributed by atoms with E-state index in [0.29, 0.717) is 16.8 Å². The lowest BCUT2D eigenvalue weighted by molar-refractivity contribution is -0.133. The predicted octanol–water partition coefficient (Wildman–Crippen LogP) is 2.75. The van der Waals surface area contributed by atoms with E-state index in [1.807, 2.05) is 24.8 Å². The summed E-state index contributed by atoms with van der Waals surface area (Å²) in [6.45, 7) is 4.64. The number of hydrogen-bond donors (Lipinski definition) is 1. The lowest BCUT2D eigenvalue weighted by Crippen LogP contribution is -2.36. The number of hydrogen-bond acceptors (Lipinski definition) is 3. The third kappa shape index (κ3) is 3.64. The van der Waals surface area contributed by atoms with Gasteiger partial charge in [0.05, 0.1) is 5.02 Å². The van der Waals surface area contributed by atoms with Gasteiger partial charge in [-0.05, 0) is 44.4 Å². The zero-order chi connectivity index (χ0) is 14.7. The van der Waals surface area contributed by atoms with Crippen LogP contribution in [0, 0.1) is 0 Å². The average Bonchev–Trinajstić information content (AvgIpc) is 3.22. The lowest BCUT2D eigenvalue weighted by atomic mass is 10.1. The van der Waals surface area contributed by atoms with E-state index in [-0.39, 0.29) is 18.6 Å². The molecule has 0 saturated heterocycles. The molecule has 20 heavy (non-hydrogen) atoms. The van der Waals surface area contributed by atoms with Crippen LogP contribution >= 0.6 is 11.6 Å². The topological polar surface area (TPSA) is 55.6 Å². The first kappa shape index (κ1) is 15.1. The second kappa shape index (κ2) is 6.46. The molecule has 0 spiro atoms. The first-order chi connectivity index (χ1) is 9.52. The molecule has 1 fully saturated rings. The van der Waals surface area contributed by atoms with Gasteiger partial charge in [0.25, 0.3) is 5.91 Å². The molecule has 0 radical (unpaired) electrons. The van der Waals surface area contributed by atoms with Gasteiger partial charge >= 0.3 is 0 Å². The molecule has 4 nitrogen and oxygen atoms in total.